The fourth-order valence-corrected chi connectivity index (χ4v) is 6.37. The molecule has 0 saturated carbocycles. The molecule has 0 radical (unpaired) electrons. The van der Waals surface area contributed by atoms with Crippen LogP contribution in [-0.4, -0.2) is 42.8 Å². The van der Waals surface area contributed by atoms with Crippen molar-refractivity contribution in [3.63, 3.8) is 0 Å². The summed E-state index contributed by atoms with van der Waals surface area (Å²) < 4.78 is 18.5. The fourth-order valence-electron chi connectivity index (χ4n) is 6.37. The van der Waals surface area contributed by atoms with Gasteiger partial charge in [0.15, 0.2) is 22.7 Å². The van der Waals surface area contributed by atoms with Crippen molar-refractivity contribution in [3.8, 4) is 44.9 Å². The number of carbonyl (C=O) groups is 1. The van der Waals surface area contributed by atoms with Crippen molar-refractivity contribution in [2.45, 2.75) is 39.2 Å². The van der Waals surface area contributed by atoms with Crippen LogP contribution in [-0.2, 0) is 11.2 Å². The summed E-state index contributed by atoms with van der Waals surface area (Å²) in [4.78, 5) is 32.2. The highest BCUT2D eigenvalue weighted by Gasteiger charge is 2.24. The van der Waals surface area contributed by atoms with E-state index in [-0.39, 0.29) is 29.2 Å². The highest BCUT2D eigenvalue weighted by atomic mass is 16.5. The van der Waals surface area contributed by atoms with Gasteiger partial charge in [-0.3, -0.25) is 9.59 Å². The number of nitrogens with two attached hydrogens (primary N) is 1. The molecule has 0 spiro atoms. The second-order valence-corrected chi connectivity index (χ2v) is 12.4. The first kappa shape index (κ1) is 32.7. The molecule has 1 atom stereocenters. The molecule has 246 valence electrons. The molecule has 0 bridgehead atoms. The minimum Gasteiger partial charge on any atom is -0.493 e. The van der Waals surface area contributed by atoms with Crippen LogP contribution in [0.2, 0.25) is 0 Å². The summed E-state index contributed by atoms with van der Waals surface area (Å²) in [6, 6.07) is 23.3. The summed E-state index contributed by atoms with van der Waals surface area (Å²) in [6.07, 6.45) is 7.38. The van der Waals surface area contributed by atoms with Crippen LogP contribution in [0.15, 0.2) is 96.2 Å². The van der Waals surface area contributed by atoms with E-state index in [1.165, 1.54) is 0 Å². The van der Waals surface area contributed by atoms with Crippen molar-refractivity contribution in [1.82, 2.24) is 9.55 Å². The van der Waals surface area contributed by atoms with Gasteiger partial charge in [0, 0.05) is 61.0 Å². The predicted molar refractivity (Wildman–Crippen MR) is 190 cm³/mol. The van der Waals surface area contributed by atoms with Crippen LogP contribution in [0.3, 0.4) is 0 Å². The van der Waals surface area contributed by atoms with Gasteiger partial charge in [-0.2, -0.15) is 0 Å². The first-order chi connectivity index (χ1) is 23.2. The maximum atomic E-state index is 13.8. The number of pyridine rings is 2. The molecule has 1 saturated heterocycles. The minimum absolute atomic E-state index is 0.0952. The zero-order valence-electron chi connectivity index (χ0n) is 27.9. The summed E-state index contributed by atoms with van der Waals surface area (Å²) in [7, 11) is 3.20. The molecular formula is C40H41N3O5. The zero-order chi connectivity index (χ0) is 33.8. The van der Waals surface area contributed by atoms with Crippen LogP contribution in [0.1, 0.15) is 47.3 Å². The Morgan fingerprint density at radius 2 is 1.52 bits per heavy atom. The number of hydrogen-bond donors (Lipinski definition) is 1. The van der Waals surface area contributed by atoms with Gasteiger partial charge in [-0.25, -0.2) is 4.98 Å². The molecular weight excluding hydrogens is 602 g/mol. The van der Waals surface area contributed by atoms with Crippen molar-refractivity contribution in [3.05, 3.63) is 118 Å². The van der Waals surface area contributed by atoms with Gasteiger partial charge < -0.3 is 24.5 Å². The molecule has 2 aromatic heterocycles. The van der Waals surface area contributed by atoms with Crippen molar-refractivity contribution in [1.29, 1.82) is 0 Å². The number of aromatic nitrogens is 2. The monoisotopic (exact) mass is 643 g/mol. The molecule has 48 heavy (non-hydrogen) atoms. The Hall–Kier alpha value is -5.21. The molecule has 0 unspecified atom stereocenters. The number of anilines is 1. The molecule has 8 heteroatoms. The summed E-state index contributed by atoms with van der Waals surface area (Å²) >= 11 is 0. The Labute approximate surface area is 281 Å². The van der Waals surface area contributed by atoms with Crippen LogP contribution in [0.5, 0.6) is 11.5 Å². The van der Waals surface area contributed by atoms with E-state index in [9.17, 15) is 9.59 Å². The van der Waals surface area contributed by atoms with Gasteiger partial charge in [0.1, 0.15) is 5.82 Å². The Balaban J connectivity index is 1.28. The number of nitrogen functional groups attached to an aromatic ring is 1. The number of aryl methyl sites for hydroxylation is 1. The van der Waals surface area contributed by atoms with Gasteiger partial charge in [0.05, 0.1) is 19.8 Å². The van der Waals surface area contributed by atoms with Gasteiger partial charge >= 0.3 is 0 Å². The number of carbonyl (C=O) groups excluding carboxylic acids is 1. The molecule has 0 aliphatic carbocycles. The van der Waals surface area contributed by atoms with Crippen LogP contribution >= 0.6 is 0 Å². The van der Waals surface area contributed by atoms with Crippen LogP contribution in [0.25, 0.3) is 33.4 Å². The lowest BCUT2D eigenvalue weighted by Gasteiger charge is -2.30. The lowest BCUT2D eigenvalue weighted by Crippen LogP contribution is -2.27. The number of methoxy groups -OCH3 is 2. The van der Waals surface area contributed by atoms with E-state index in [1.807, 2.05) is 85.9 Å². The third-order valence-electron chi connectivity index (χ3n) is 9.39. The molecule has 3 aromatic carbocycles. The lowest BCUT2D eigenvalue weighted by molar-refractivity contribution is 0.0512. The largest absolute Gasteiger partial charge is 0.493 e. The number of Topliss-reactive ketones (excluding diaryl/α,β-unsaturated/α-hetero) is 1. The van der Waals surface area contributed by atoms with E-state index >= 15 is 0 Å². The Morgan fingerprint density at radius 1 is 0.875 bits per heavy atom. The van der Waals surface area contributed by atoms with E-state index in [0.717, 1.165) is 65.0 Å². The number of ketones is 1. The smallest absolute Gasteiger partial charge is 0.200 e. The quantitative estimate of drug-likeness (QED) is 0.157. The molecule has 8 nitrogen and oxygen atoms in total. The SMILES string of the molecule is COc1ccc(-c2cnc(N)c(-c3ccc(CC(=O)c4cn([C@@H](C)C5CCOCC5)cc(-c5ccc(C)cc5)c4=O)cc3)c2)cc1OC. The fraction of sp³-hybridized carbons (Fsp3) is 0.275. The van der Waals surface area contributed by atoms with Gasteiger partial charge in [-0.1, -0.05) is 60.2 Å². The van der Waals surface area contributed by atoms with Crippen molar-refractivity contribution in [2.24, 2.45) is 5.92 Å². The van der Waals surface area contributed by atoms with Crippen LogP contribution < -0.4 is 20.6 Å². The molecule has 1 fully saturated rings. The number of ether oxygens (including phenoxy) is 3. The highest BCUT2D eigenvalue weighted by molar-refractivity contribution is 5.98. The summed E-state index contributed by atoms with van der Waals surface area (Å²) in [6.45, 7) is 5.63. The molecule has 1 aliphatic rings. The summed E-state index contributed by atoms with van der Waals surface area (Å²) in [5, 5.41) is 0. The summed E-state index contributed by atoms with van der Waals surface area (Å²) in [5.74, 6) is 1.84. The van der Waals surface area contributed by atoms with E-state index in [2.05, 4.69) is 16.5 Å². The third-order valence-corrected chi connectivity index (χ3v) is 9.39. The zero-order valence-corrected chi connectivity index (χ0v) is 27.9. The number of rotatable bonds is 10. The standard InChI is InChI=1S/C40H41N3O5/c1-25-5-9-30(10-6-25)34-23-43(26(2)28-15-17-48-18-16-28)24-35(39(34)45)36(44)19-27-7-11-29(12-8-27)33-20-32(22-42-40(33)41)31-13-14-37(46-3)38(21-31)47-4/h5-14,20-24,26,28H,15-19H2,1-4H3,(H2,41,42)/t26-/m0/s1. The average Bonchev–Trinajstić information content (AvgIpc) is 3.12. The van der Waals surface area contributed by atoms with E-state index in [0.29, 0.717) is 28.8 Å². The lowest BCUT2D eigenvalue weighted by atomic mass is 9.91. The second-order valence-electron chi connectivity index (χ2n) is 12.4. The van der Waals surface area contributed by atoms with Crippen LogP contribution in [0, 0.1) is 12.8 Å². The first-order valence-corrected chi connectivity index (χ1v) is 16.3. The number of nitrogens with zero attached hydrogens (tertiary/aromatic N) is 2. The molecule has 6 rings (SSSR count). The topological polar surface area (TPSA) is 106 Å². The van der Waals surface area contributed by atoms with Crippen LogP contribution in [0.4, 0.5) is 5.82 Å². The maximum absolute atomic E-state index is 13.8. The Bertz CT molecular complexity index is 1980. The first-order valence-electron chi connectivity index (χ1n) is 16.3. The molecule has 2 N–H and O–H groups in total. The summed E-state index contributed by atoms with van der Waals surface area (Å²) in [5.41, 5.74) is 12.9. The highest BCUT2D eigenvalue weighted by Crippen LogP contribution is 2.35. The van der Waals surface area contributed by atoms with E-state index in [1.54, 1.807) is 26.6 Å². The second kappa shape index (κ2) is 14.3. The number of hydrogen-bond acceptors (Lipinski definition) is 7. The van der Waals surface area contributed by atoms with Gasteiger partial charge in [-0.05, 0) is 73.1 Å². The van der Waals surface area contributed by atoms with Crippen molar-refractivity contribution < 1.29 is 19.0 Å². The Morgan fingerprint density at radius 3 is 2.21 bits per heavy atom. The molecule has 5 aromatic rings. The van der Waals surface area contributed by atoms with Crippen molar-refractivity contribution >= 4 is 11.6 Å². The maximum Gasteiger partial charge on any atom is 0.200 e. The minimum atomic E-state index is -0.248. The third kappa shape index (κ3) is 6.89. The Kier molecular flexibility index (Phi) is 9.73. The molecule has 1 aliphatic heterocycles. The van der Waals surface area contributed by atoms with Crippen molar-refractivity contribution in [2.75, 3.05) is 33.2 Å². The van der Waals surface area contributed by atoms with E-state index in [4.69, 9.17) is 19.9 Å². The number of benzene rings is 3. The molecule has 0 amide bonds. The molecule has 3 heterocycles. The van der Waals surface area contributed by atoms with Gasteiger partial charge in [-0.15, -0.1) is 0 Å². The normalized spacial score (nSPS) is 14.0. The van der Waals surface area contributed by atoms with E-state index < -0.39 is 0 Å². The predicted octanol–water partition coefficient (Wildman–Crippen LogP) is 7.57. The van der Waals surface area contributed by atoms with Gasteiger partial charge in [0.2, 0.25) is 0 Å². The van der Waals surface area contributed by atoms with Gasteiger partial charge in [0.25, 0.3) is 0 Å². The average molecular weight is 644 g/mol.